The Kier molecular flexibility index (Phi) is 3.04. The fourth-order valence-corrected chi connectivity index (χ4v) is 1.31. The normalized spacial score (nSPS) is 10.2. The van der Waals surface area contributed by atoms with Gasteiger partial charge in [0.05, 0.1) is 7.11 Å². The number of ether oxygens (including phenoxy) is 1. The van der Waals surface area contributed by atoms with E-state index in [0.29, 0.717) is 17.1 Å². The number of benzene rings is 1. The predicted octanol–water partition coefficient (Wildman–Crippen LogP) is 1.03. The highest BCUT2D eigenvalue weighted by atomic mass is 16.5. The first-order chi connectivity index (χ1) is 8.19. The third-order valence-corrected chi connectivity index (χ3v) is 2.12. The lowest BCUT2D eigenvalue weighted by Crippen LogP contribution is -2.04. The van der Waals surface area contributed by atoms with E-state index in [0.717, 1.165) is 0 Å². The summed E-state index contributed by atoms with van der Waals surface area (Å²) in [6.45, 7) is 0. The minimum absolute atomic E-state index is 0.0359. The Morgan fingerprint density at radius 3 is 3.00 bits per heavy atom. The molecule has 0 fully saturated rings. The largest absolute Gasteiger partial charge is 0.469 e. The van der Waals surface area contributed by atoms with Gasteiger partial charge in [-0.05, 0) is 18.2 Å². The van der Waals surface area contributed by atoms with E-state index in [1.165, 1.54) is 7.11 Å². The third-order valence-electron chi connectivity index (χ3n) is 2.12. The number of carbonyl (C=O) groups excluding carboxylic acids is 1. The van der Waals surface area contributed by atoms with Crippen LogP contribution in [-0.4, -0.2) is 23.3 Å². The first kappa shape index (κ1) is 11.1. The molecular weight excluding hydrogens is 222 g/mol. The van der Waals surface area contributed by atoms with E-state index in [4.69, 9.17) is 10.2 Å². The van der Waals surface area contributed by atoms with Gasteiger partial charge in [-0.2, -0.15) is 0 Å². The van der Waals surface area contributed by atoms with Crippen LogP contribution in [0.25, 0.3) is 11.5 Å². The average Bonchev–Trinajstić information content (AvgIpc) is 2.77. The van der Waals surface area contributed by atoms with E-state index in [1.807, 2.05) is 0 Å². The number of nitrogens with zero attached hydrogens (tertiary/aromatic N) is 2. The van der Waals surface area contributed by atoms with Crippen molar-refractivity contribution in [2.75, 3.05) is 12.8 Å². The molecule has 0 aliphatic rings. The van der Waals surface area contributed by atoms with Gasteiger partial charge in [0.15, 0.2) is 0 Å². The van der Waals surface area contributed by atoms with Crippen molar-refractivity contribution in [2.24, 2.45) is 0 Å². The zero-order valence-corrected chi connectivity index (χ0v) is 9.21. The van der Waals surface area contributed by atoms with Crippen molar-refractivity contribution >= 4 is 11.7 Å². The van der Waals surface area contributed by atoms with E-state index in [9.17, 15) is 4.79 Å². The van der Waals surface area contributed by atoms with Gasteiger partial charge < -0.3 is 14.9 Å². The summed E-state index contributed by atoms with van der Waals surface area (Å²) >= 11 is 0. The maximum atomic E-state index is 11.0. The van der Waals surface area contributed by atoms with Crippen molar-refractivity contribution in [3.8, 4) is 11.5 Å². The Morgan fingerprint density at radius 2 is 2.29 bits per heavy atom. The summed E-state index contributed by atoms with van der Waals surface area (Å²) in [6, 6.07) is 7.06. The Balaban J connectivity index is 2.21. The molecule has 0 atom stereocenters. The van der Waals surface area contributed by atoms with Crippen LogP contribution in [0.5, 0.6) is 0 Å². The maximum absolute atomic E-state index is 11.0. The average molecular weight is 233 g/mol. The number of nitrogens with two attached hydrogens (primary N) is 1. The fraction of sp³-hybridized carbons (Fsp3) is 0.182. The van der Waals surface area contributed by atoms with Gasteiger partial charge in [0.2, 0.25) is 11.8 Å². The van der Waals surface area contributed by atoms with Crippen LogP contribution in [0.15, 0.2) is 28.7 Å². The Hall–Kier alpha value is -2.37. The summed E-state index contributed by atoms with van der Waals surface area (Å²) in [6.07, 6.45) is -0.0359. The molecule has 1 aromatic heterocycles. The van der Waals surface area contributed by atoms with Crippen molar-refractivity contribution in [1.82, 2.24) is 10.2 Å². The molecule has 0 aliphatic heterocycles. The third kappa shape index (κ3) is 2.60. The van der Waals surface area contributed by atoms with E-state index in [2.05, 4.69) is 14.9 Å². The van der Waals surface area contributed by atoms with Crippen molar-refractivity contribution in [1.29, 1.82) is 0 Å². The molecule has 88 valence electrons. The van der Waals surface area contributed by atoms with Gasteiger partial charge in [0.25, 0.3) is 0 Å². The van der Waals surface area contributed by atoms with Gasteiger partial charge in [-0.1, -0.05) is 6.07 Å². The second-order valence-corrected chi connectivity index (χ2v) is 3.38. The van der Waals surface area contributed by atoms with Crippen molar-refractivity contribution < 1.29 is 13.9 Å². The molecule has 0 unspecified atom stereocenters. The number of nitrogen functional groups attached to an aromatic ring is 1. The van der Waals surface area contributed by atoms with Crippen LogP contribution in [0.1, 0.15) is 5.89 Å². The van der Waals surface area contributed by atoms with E-state index in [-0.39, 0.29) is 12.3 Å². The van der Waals surface area contributed by atoms with Gasteiger partial charge in [-0.3, -0.25) is 4.79 Å². The van der Waals surface area contributed by atoms with E-state index < -0.39 is 5.97 Å². The minimum atomic E-state index is -0.423. The predicted molar refractivity (Wildman–Crippen MR) is 59.9 cm³/mol. The van der Waals surface area contributed by atoms with E-state index >= 15 is 0 Å². The quantitative estimate of drug-likeness (QED) is 0.629. The van der Waals surface area contributed by atoms with Crippen LogP contribution in [0.4, 0.5) is 5.69 Å². The number of hydrogen-bond acceptors (Lipinski definition) is 6. The Bertz CT molecular complexity index is 536. The molecule has 0 bridgehead atoms. The van der Waals surface area contributed by atoms with Crippen LogP contribution in [-0.2, 0) is 16.0 Å². The number of esters is 1. The number of hydrogen-bond donors (Lipinski definition) is 1. The lowest BCUT2D eigenvalue weighted by Gasteiger charge is -1.96. The standard InChI is InChI=1S/C11H11N3O3/c1-16-10(15)6-9-13-14-11(17-9)7-3-2-4-8(12)5-7/h2-5H,6,12H2,1H3. The van der Waals surface area contributed by atoms with Gasteiger partial charge in [0, 0.05) is 11.3 Å². The van der Waals surface area contributed by atoms with Crippen LogP contribution in [0.3, 0.4) is 0 Å². The molecule has 2 N–H and O–H groups in total. The van der Waals surface area contributed by atoms with Crippen LogP contribution < -0.4 is 5.73 Å². The molecule has 2 rings (SSSR count). The van der Waals surface area contributed by atoms with Crippen LogP contribution in [0.2, 0.25) is 0 Å². The SMILES string of the molecule is COC(=O)Cc1nnc(-c2cccc(N)c2)o1. The molecule has 0 saturated heterocycles. The molecule has 0 aliphatic carbocycles. The molecule has 0 saturated carbocycles. The number of aromatic nitrogens is 2. The highest BCUT2D eigenvalue weighted by Crippen LogP contribution is 2.20. The molecule has 1 aromatic carbocycles. The number of methoxy groups -OCH3 is 1. The van der Waals surface area contributed by atoms with E-state index in [1.54, 1.807) is 24.3 Å². The van der Waals surface area contributed by atoms with Crippen LogP contribution in [0, 0.1) is 0 Å². The highest BCUT2D eigenvalue weighted by Gasteiger charge is 2.12. The molecule has 17 heavy (non-hydrogen) atoms. The second-order valence-electron chi connectivity index (χ2n) is 3.38. The lowest BCUT2D eigenvalue weighted by atomic mass is 10.2. The molecule has 0 amide bonds. The monoisotopic (exact) mass is 233 g/mol. The highest BCUT2D eigenvalue weighted by molar-refractivity contribution is 5.71. The molecule has 0 radical (unpaired) electrons. The molecule has 2 aromatic rings. The molecule has 6 heteroatoms. The maximum Gasteiger partial charge on any atom is 0.315 e. The summed E-state index contributed by atoms with van der Waals surface area (Å²) in [4.78, 5) is 11.0. The summed E-state index contributed by atoms with van der Waals surface area (Å²) < 4.78 is 9.82. The summed E-state index contributed by atoms with van der Waals surface area (Å²) in [5, 5.41) is 7.59. The first-order valence-corrected chi connectivity index (χ1v) is 4.94. The number of carbonyl (C=O) groups is 1. The summed E-state index contributed by atoms with van der Waals surface area (Å²) in [7, 11) is 1.30. The zero-order chi connectivity index (χ0) is 12.3. The lowest BCUT2D eigenvalue weighted by molar-refractivity contribution is -0.140. The fourth-order valence-electron chi connectivity index (χ4n) is 1.31. The van der Waals surface area contributed by atoms with Gasteiger partial charge in [-0.25, -0.2) is 0 Å². The molecule has 1 heterocycles. The zero-order valence-electron chi connectivity index (χ0n) is 9.21. The Labute approximate surface area is 97.4 Å². The molecular formula is C11H11N3O3. The van der Waals surface area contributed by atoms with Crippen LogP contribution >= 0.6 is 0 Å². The minimum Gasteiger partial charge on any atom is -0.469 e. The first-order valence-electron chi connectivity index (χ1n) is 4.94. The van der Waals surface area contributed by atoms with Crippen molar-refractivity contribution in [3.05, 3.63) is 30.2 Å². The molecule has 6 nitrogen and oxygen atoms in total. The molecule has 0 spiro atoms. The Morgan fingerprint density at radius 1 is 1.47 bits per heavy atom. The van der Waals surface area contributed by atoms with Gasteiger partial charge >= 0.3 is 5.97 Å². The van der Waals surface area contributed by atoms with Crippen molar-refractivity contribution in [2.45, 2.75) is 6.42 Å². The summed E-state index contributed by atoms with van der Waals surface area (Å²) in [5.41, 5.74) is 6.96. The number of rotatable bonds is 3. The van der Waals surface area contributed by atoms with Crippen molar-refractivity contribution in [3.63, 3.8) is 0 Å². The topological polar surface area (TPSA) is 91.2 Å². The number of anilines is 1. The second kappa shape index (κ2) is 4.65. The van der Waals surface area contributed by atoms with Gasteiger partial charge in [0.1, 0.15) is 6.42 Å². The smallest absolute Gasteiger partial charge is 0.315 e. The van der Waals surface area contributed by atoms with Gasteiger partial charge in [-0.15, -0.1) is 10.2 Å². The summed E-state index contributed by atoms with van der Waals surface area (Å²) in [5.74, 6) is 0.123.